The van der Waals surface area contributed by atoms with E-state index in [4.69, 9.17) is 14.2 Å². The highest BCUT2D eigenvalue weighted by Gasteiger charge is 2.21. The quantitative estimate of drug-likeness (QED) is 0.335. The molecule has 1 aromatic carbocycles. The number of para-hydroxylation sites is 1. The molecule has 31 heavy (non-hydrogen) atoms. The van der Waals surface area contributed by atoms with Crippen LogP contribution < -0.4 is 5.56 Å². The number of pyridine rings is 2. The van der Waals surface area contributed by atoms with Crippen LogP contribution in [0, 0.1) is 13.8 Å². The van der Waals surface area contributed by atoms with Crippen molar-refractivity contribution in [3.05, 3.63) is 51.6 Å². The van der Waals surface area contributed by atoms with E-state index in [2.05, 4.69) is 9.97 Å². The van der Waals surface area contributed by atoms with Crippen LogP contribution in [0.5, 0.6) is 0 Å². The second-order valence-electron chi connectivity index (χ2n) is 7.44. The van der Waals surface area contributed by atoms with Crippen molar-refractivity contribution in [3.63, 3.8) is 0 Å². The van der Waals surface area contributed by atoms with E-state index in [1.54, 1.807) is 33.8 Å². The first kappa shape index (κ1) is 22.4. The molecule has 0 aliphatic rings. The average Bonchev–Trinajstić information content (AvgIpc) is 2.69. The van der Waals surface area contributed by atoms with E-state index in [9.17, 15) is 14.4 Å². The number of fused-ring (bicyclic) bond motifs is 3. The number of hydrogen-bond donors (Lipinski definition) is 1. The van der Waals surface area contributed by atoms with Gasteiger partial charge in [0.05, 0.1) is 48.1 Å². The van der Waals surface area contributed by atoms with Crippen LogP contribution in [0.25, 0.3) is 21.7 Å². The molecule has 2 heterocycles. The Morgan fingerprint density at radius 1 is 1.03 bits per heavy atom. The second kappa shape index (κ2) is 9.70. The van der Waals surface area contributed by atoms with Gasteiger partial charge in [0.1, 0.15) is 6.61 Å². The lowest BCUT2D eigenvalue weighted by molar-refractivity contribution is -0.148. The summed E-state index contributed by atoms with van der Waals surface area (Å²) in [6.45, 7) is 7.34. The van der Waals surface area contributed by atoms with Gasteiger partial charge in [-0.3, -0.25) is 14.6 Å². The molecule has 0 aliphatic heterocycles. The Balaban J connectivity index is 1.76. The van der Waals surface area contributed by atoms with E-state index >= 15 is 0 Å². The summed E-state index contributed by atoms with van der Waals surface area (Å²) in [4.78, 5) is 44.3. The van der Waals surface area contributed by atoms with Crippen LogP contribution in [0.4, 0.5) is 0 Å². The molecule has 2 aromatic heterocycles. The van der Waals surface area contributed by atoms with Gasteiger partial charge in [0.15, 0.2) is 0 Å². The number of benzene rings is 1. The molecule has 0 spiro atoms. The number of rotatable bonds is 8. The highest BCUT2D eigenvalue weighted by atomic mass is 16.6. The Hall–Kier alpha value is -3.26. The number of aromatic nitrogens is 2. The third-order valence-electron chi connectivity index (χ3n) is 4.71. The SMILES string of the molecule is Cc1nc(C)c2c(=O)[nH]c3ccccc3c2c1C(=O)OCCOCCC(=O)OC(C)C. The maximum atomic E-state index is 12.9. The molecule has 3 rings (SSSR count). The van der Waals surface area contributed by atoms with E-state index < -0.39 is 5.97 Å². The van der Waals surface area contributed by atoms with Crippen LogP contribution in [-0.2, 0) is 19.0 Å². The summed E-state index contributed by atoms with van der Waals surface area (Å²) in [7, 11) is 0. The molecule has 0 saturated carbocycles. The number of carbonyl (C=O) groups excluding carboxylic acids is 2. The number of hydrogen-bond acceptors (Lipinski definition) is 7. The molecule has 0 fully saturated rings. The lowest BCUT2D eigenvalue weighted by atomic mass is 9.99. The van der Waals surface area contributed by atoms with Crippen molar-refractivity contribution in [2.24, 2.45) is 0 Å². The third kappa shape index (κ3) is 5.08. The smallest absolute Gasteiger partial charge is 0.340 e. The Morgan fingerprint density at radius 2 is 1.77 bits per heavy atom. The summed E-state index contributed by atoms with van der Waals surface area (Å²) < 4.78 is 15.8. The number of carbonyl (C=O) groups is 2. The maximum absolute atomic E-state index is 12.9. The molecule has 8 nitrogen and oxygen atoms in total. The van der Waals surface area contributed by atoms with Crippen molar-refractivity contribution in [3.8, 4) is 0 Å². The molecule has 0 bridgehead atoms. The molecule has 8 heteroatoms. The van der Waals surface area contributed by atoms with Gasteiger partial charge < -0.3 is 19.2 Å². The fraction of sp³-hybridized carbons (Fsp3) is 0.391. The highest BCUT2D eigenvalue weighted by Crippen LogP contribution is 2.28. The normalized spacial score (nSPS) is 11.3. The fourth-order valence-electron chi connectivity index (χ4n) is 3.49. The van der Waals surface area contributed by atoms with Crippen molar-refractivity contribution in [2.75, 3.05) is 19.8 Å². The maximum Gasteiger partial charge on any atom is 0.340 e. The fourth-order valence-corrected chi connectivity index (χ4v) is 3.49. The second-order valence-corrected chi connectivity index (χ2v) is 7.44. The summed E-state index contributed by atoms with van der Waals surface area (Å²) in [5.41, 5.74) is 1.64. The van der Waals surface area contributed by atoms with Crippen LogP contribution in [0.1, 0.15) is 42.0 Å². The summed E-state index contributed by atoms with van der Waals surface area (Å²) >= 11 is 0. The molecule has 3 aromatic rings. The van der Waals surface area contributed by atoms with Gasteiger partial charge in [0, 0.05) is 16.3 Å². The van der Waals surface area contributed by atoms with Gasteiger partial charge in [0.2, 0.25) is 0 Å². The summed E-state index contributed by atoms with van der Waals surface area (Å²) in [6, 6.07) is 7.30. The number of esters is 2. The zero-order valence-electron chi connectivity index (χ0n) is 18.1. The van der Waals surface area contributed by atoms with Crippen LogP contribution >= 0.6 is 0 Å². The van der Waals surface area contributed by atoms with Crippen molar-refractivity contribution in [1.82, 2.24) is 9.97 Å². The monoisotopic (exact) mass is 426 g/mol. The average molecular weight is 426 g/mol. The van der Waals surface area contributed by atoms with Gasteiger partial charge in [-0.05, 0) is 33.8 Å². The topological polar surface area (TPSA) is 108 Å². The molecule has 0 saturated heterocycles. The van der Waals surface area contributed by atoms with Crippen molar-refractivity contribution in [1.29, 1.82) is 0 Å². The predicted octanol–water partition coefficient (Wildman–Crippen LogP) is 3.21. The minimum absolute atomic E-state index is 0.00793. The van der Waals surface area contributed by atoms with Crippen molar-refractivity contribution >= 4 is 33.6 Å². The van der Waals surface area contributed by atoms with Crippen LogP contribution in [0.2, 0.25) is 0 Å². The number of nitrogens with zero attached hydrogens (tertiary/aromatic N) is 1. The predicted molar refractivity (Wildman–Crippen MR) is 116 cm³/mol. The Bertz CT molecular complexity index is 1180. The summed E-state index contributed by atoms with van der Waals surface area (Å²) in [5, 5.41) is 1.65. The highest BCUT2D eigenvalue weighted by molar-refractivity contribution is 6.16. The number of H-pyrrole nitrogens is 1. The Kier molecular flexibility index (Phi) is 7.02. The van der Waals surface area contributed by atoms with Crippen molar-refractivity contribution < 1.29 is 23.8 Å². The number of nitrogens with one attached hydrogen (secondary N) is 1. The molecule has 0 amide bonds. The van der Waals surface area contributed by atoms with Gasteiger partial charge in [-0.1, -0.05) is 18.2 Å². The zero-order chi connectivity index (χ0) is 22.5. The lowest BCUT2D eigenvalue weighted by Gasteiger charge is -2.13. The molecular formula is C23H26N2O6. The molecule has 0 aliphatic carbocycles. The number of ether oxygens (including phenoxy) is 3. The van der Waals surface area contributed by atoms with Crippen LogP contribution in [0.3, 0.4) is 0 Å². The van der Waals surface area contributed by atoms with E-state index in [1.807, 2.05) is 18.2 Å². The standard InChI is InChI=1S/C23H26N2O6/c1-13(2)31-18(26)9-10-29-11-12-30-23(28)20-15(4)24-14(3)19-21(20)16-7-5-6-8-17(16)25-22(19)27/h5-8,13H,9-12H2,1-4H3,(H,25,27). The molecule has 0 unspecified atom stereocenters. The molecule has 0 atom stereocenters. The lowest BCUT2D eigenvalue weighted by Crippen LogP contribution is -2.18. The van der Waals surface area contributed by atoms with Gasteiger partial charge in [-0.15, -0.1) is 0 Å². The van der Waals surface area contributed by atoms with E-state index in [1.165, 1.54) is 0 Å². The zero-order valence-corrected chi connectivity index (χ0v) is 18.1. The van der Waals surface area contributed by atoms with Gasteiger partial charge in [-0.25, -0.2) is 4.79 Å². The van der Waals surface area contributed by atoms with Gasteiger partial charge in [0.25, 0.3) is 5.56 Å². The van der Waals surface area contributed by atoms with Crippen molar-refractivity contribution in [2.45, 2.75) is 40.2 Å². The number of aryl methyl sites for hydroxylation is 2. The van der Waals surface area contributed by atoms with Crippen LogP contribution in [0.15, 0.2) is 29.1 Å². The minimum atomic E-state index is -0.575. The molecular weight excluding hydrogens is 400 g/mol. The molecule has 1 N–H and O–H groups in total. The third-order valence-corrected chi connectivity index (χ3v) is 4.71. The molecule has 0 radical (unpaired) electrons. The Labute approximate surface area is 179 Å². The van der Waals surface area contributed by atoms with Crippen LogP contribution in [-0.4, -0.2) is 47.8 Å². The summed E-state index contributed by atoms with van der Waals surface area (Å²) in [6.07, 6.45) is -0.0371. The first-order valence-electron chi connectivity index (χ1n) is 10.2. The van der Waals surface area contributed by atoms with E-state index in [0.717, 1.165) is 5.39 Å². The molecule has 164 valence electrons. The first-order chi connectivity index (χ1) is 14.8. The van der Waals surface area contributed by atoms with E-state index in [0.29, 0.717) is 27.7 Å². The van der Waals surface area contributed by atoms with Gasteiger partial charge in [-0.2, -0.15) is 0 Å². The summed E-state index contributed by atoms with van der Waals surface area (Å²) in [5.74, 6) is -0.912. The minimum Gasteiger partial charge on any atom is -0.463 e. The largest absolute Gasteiger partial charge is 0.463 e. The first-order valence-corrected chi connectivity index (χ1v) is 10.2. The van der Waals surface area contributed by atoms with E-state index in [-0.39, 0.29) is 49.4 Å². The Morgan fingerprint density at radius 3 is 2.52 bits per heavy atom. The number of aromatic amines is 1. The van der Waals surface area contributed by atoms with Gasteiger partial charge >= 0.3 is 11.9 Å².